The molecular formula is C21H26N6O2. The Kier molecular flexibility index (Phi) is 4.49. The lowest BCUT2D eigenvalue weighted by atomic mass is 9.95. The van der Waals surface area contributed by atoms with Gasteiger partial charge < -0.3 is 14.2 Å². The first-order valence-corrected chi connectivity index (χ1v) is 10.4. The first-order valence-electron chi connectivity index (χ1n) is 10.4. The summed E-state index contributed by atoms with van der Waals surface area (Å²) in [5.74, 6) is 3.67. The number of furan rings is 1. The molecular weight excluding hydrogens is 368 g/mol. The molecule has 1 amide bonds. The molecule has 29 heavy (non-hydrogen) atoms. The van der Waals surface area contributed by atoms with Crippen LogP contribution in [0.3, 0.4) is 0 Å². The molecule has 0 radical (unpaired) electrons. The summed E-state index contributed by atoms with van der Waals surface area (Å²) in [7, 11) is 0. The molecule has 0 spiro atoms. The SMILES string of the molecule is Cc1cc(C(=O)N2CCC(c3nnc4ccc(N5CCCC5)nn34)CC2)c(C)o1. The van der Waals surface area contributed by atoms with Crippen LogP contribution in [-0.2, 0) is 0 Å². The van der Waals surface area contributed by atoms with Gasteiger partial charge in [-0.25, -0.2) is 0 Å². The van der Waals surface area contributed by atoms with E-state index in [4.69, 9.17) is 9.52 Å². The molecule has 5 rings (SSSR count). The lowest BCUT2D eigenvalue weighted by Crippen LogP contribution is -2.38. The van der Waals surface area contributed by atoms with Crippen LogP contribution in [0.1, 0.15) is 59.3 Å². The maximum absolute atomic E-state index is 12.8. The smallest absolute Gasteiger partial charge is 0.257 e. The normalized spacial score (nSPS) is 18.1. The third-order valence-corrected chi connectivity index (χ3v) is 6.12. The van der Waals surface area contributed by atoms with Crippen LogP contribution < -0.4 is 4.90 Å². The maximum Gasteiger partial charge on any atom is 0.257 e. The first-order chi connectivity index (χ1) is 14.1. The zero-order valence-corrected chi connectivity index (χ0v) is 17.0. The van der Waals surface area contributed by atoms with Crippen molar-refractivity contribution in [3.63, 3.8) is 0 Å². The zero-order valence-electron chi connectivity index (χ0n) is 17.0. The summed E-state index contributed by atoms with van der Waals surface area (Å²) in [6.45, 7) is 7.24. The quantitative estimate of drug-likeness (QED) is 0.680. The topological polar surface area (TPSA) is 79.8 Å². The summed E-state index contributed by atoms with van der Waals surface area (Å²) < 4.78 is 7.43. The summed E-state index contributed by atoms with van der Waals surface area (Å²) in [5.41, 5.74) is 1.46. The van der Waals surface area contributed by atoms with Gasteiger partial charge >= 0.3 is 0 Å². The molecule has 2 saturated heterocycles. The van der Waals surface area contributed by atoms with Gasteiger partial charge in [0.2, 0.25) is 0 Å². The van der Waals surface area contributed by atoms with Gasteiger partial charge in [0.05, 0.1) is 5.56 Å². The minimum Gasteiger partial charge on any atom is -0.466 e. The third-order valence-electron chi connectivity index (χ3n) is 6.12. The Hall–Kier alpha value is -2.90. The van der Waals surface area contributed by atoms with E-state index in [2.05, 4.69) is 15.1 Å². The molecule has 0 unspecified atom stereocenters. The molecule has 0 N–H and O–H groups in total. The minimum absolute atomic E-state index is 0.0540. The van der Waals surface area contributed by atoms with Gasteiger partial charge in [-0.2, -0.15) is 4.52 Å². The number of nitrogens with zero attached hydrogens (tertiary/aromatic N) is 6. The van der Waals surface area contributed by atoms with Crippen molar-refractivity contribution in [2.24, 2.45) is 0 Å². The largest absolute Gasteiger partial charge is 0.466 e. The van der Waals surface area contributed by atoms with Crippen molar-refractivity contribution in [2.45, 2.75) is 45.4 Å². The molecule has 5 heterocycles. The van der Waals surface area contributed by atoms with Crippen molar-refractivity contribution < 1.29 is 9.21 Å². The summed E-state index contributed by atoms with van der Waals surface area (Å²) in [6, 6.07) is 5.87. The van der Waals surface area contributed by atoms with E-state index < -0.39 is 0 Å². The van der Waals surface area contributed by atoms with Crippen LogP contribution in [0.25, 0.3) is 5.65 Å². The van der Waals surface area contributed by atoms with Crippen molar-refractivity contribution in [3.05, 3.63) is 41.1 Å². The van der Waals surface area contributed by atoms with Crippen molar-refractivity contribution in [1.82, 2.24) is 24.7 Å². The second-order valence-corrected chi connectivity index (χ2v) is 8.11. The van der Waals surface area contributed by atoms with Crippen LogP contribution in [0, 0.1) is 13.8 Å². The van der Waals surface area contributed by atoms with Gasteiger partial charge in [0, 0.05) is 32.1 Å². The fraction of sp³-hybridized carbons (Fsp3) is 0.524. The molecule has 2 aliphatic rings. The van der Waals surface area contributed by atoms with Gasteiger partial charge in [0.1, 0.15) is 17.3 Å². The molecule has 8 heteroatoms. The van der Waals surface area contributed by atoms with Gasteiger partial charge in [-0.1, -0.05) is 0 Å². The molecule has 152 valence electrons. The number of likely N-dealkylation sites (tertiary alicyclic amines) is 1. The second kappa shape index (κ2) is 7.17. The summed E-state index contributed by atoms with van der Waals surface area (Å²) >= 11 is 0. The van der Waals surface area contributed by atoms with Crippen LogP contribution >= 0.6 is 0 Å². The monoisotopic (exact) mass is 394 g/mol. The van der Waals surface area contributed by atoms with Gasteiger partial charge in [-0.15, -0.1) is 15.3 Å². The van der Waals surface area contributed by atoms with Crippen LogP contribution in [0.5, 0.6) is 0 Å². The number of aromatic nitrogens is 4. The van der Waals surface area contributed by atoms with Crippen molar-refractivity contribution >= 4 is 17.4 Å². The number of anilines is 1. The molecule has 0 saturated carbocycles. The van der Waals surface area contributed by atoms with E-state index in [1.54, 1.807) is 0 Å². The van der Waals surface area contributed by atoms with Crippen molar-refractivity contribution in [3.8, 4) is 0 Å². The minimum atomic E-state index is 0.0540. The zero-order chi connectivity index (χ0) is 20.0. The lowest BCUT2D eigenvalue weighted by Gasteiger charge is -2.31. The summed E-state index contributed by atoms with van der Waals surface area (Å²) in [6.07, 6.45) is 4.16. The van der Waals surface area contributed by atoms with Crippen molar-refractivity contribution in [2.75, 3.05) is 31.1 Å². The van der Waals surface area contributed by atoms with E-state index in [1.807, 2.05) is 41.5 Å². The maximum atomic E-state index is 12.8. The fourth-order valence-electron chi connectivity index (χ4n) is 4.52. The Balaban J connectivity index is 1.32. The van der Waals surface area contributed by atoms with E-state index in [9.17, 15) is 4.79 Å². The van der Waals surface area contributed by atoms with Crippen molar-refractivity contribution in [1.29, 1.82) is 0 Å². The van der Waals surface area contributed by atoms with Gasteiger partial charge in [0.25, 0.3) is 5.91 Å². The van der Waals surface area contributed by atoms with Crippen LogP contribution in [0.4, 0.5) is 5.82 Å². The Labute approximate surface area is 169 Å². The van der Waals surface area contributed by atoms with E-state index in [0.29, 0.717) is 24.4 Å². The molecule has 3 aromatic rings. The Morgan fingerprint density at radius 1 is 1.07 bits per heavy atom. The fourth-order valence-corrected chi connectivity index (χ4v) is 4.52. The Bertz CT molecular complexity index is 1040. The summed E-state index contributed by atoms with van der Waals surface area (Å²) in [5, 5.41) is 13.6. The number of piperidine rings is 1. The highest BCUT2D eigenvalue weighted by molar-refractivity contribution is 5.95. The molecule has 2 fully saturated rings. The number of fused-ring (bicyclic) bond motifs is 1. The molecule has 8 nitrogen and oxygen atoms in total. The molecule has 3 aromatic heterocycles. The molecule has 0 aliphatic carbocycles. The third kappa shape index (κ3) is 3.26. The molecule has 0 bridgehead atoms. The van der Waals surface area contributed by atoms with Gasteiger partial charge in [0.15, 0.2) is 11.5 Å². The number of carbonyl (C=O) groups excluding carboxylic acids is 1. The lowest BCUT2D eigenvalue weighted by molar-refractivity contribution is 0.0709. The highest BCUT2D eigenvalue weighted by Gasteiger charge is 2.29. The summed E-state index contributed by atoms with van der Waals surface area (Å²) in [4.78, 5) is 17.1. The average molecular weight is 394 g/mol. The molecule has 2 aliphatic heterocycles. The van der Waals surface area contributed by atoms with Gasteiger partial charge in [-0.05, 0) is 57.7 Å². The average Bonchev–Trinajstić information content (AvgIpc) is 3.47. The predicted molar refractivity (Wildman–Crippen MR) is 108 cm³/mol. The first kappa shape index (κ1) is 18.1. The van der Waals surface area contributed by atoms with E-state index >= 15 is 0 Å². The Morgan fingerprint density at radius 3 is 2.52 bits per heavy atom. The van der Waals surface area contributed by atoms with E-state index in [1.165, 1.54) is 12.8 Å². The Morgan fingerprint density at radius 2 is 1.83 bits per heavy atom. The number of rotatable bonds is 3. The number of aryl methyl sites for hydroxylation is 2. The molecule has 0 aromatic carbocycles. The van der Waals surface area contributed by atoms with E-state index in [0.717, 1.165) is 49.0 Å². The standard InChI is InChI=1S/C21H26N6O2/c1-14-13-17(15(2)29-14)21(28)26-11-7-16(8-12-26)20-23-22-18-5-6-19(24-27(18)20)25-9-3-4-10-25/h5-6,13,16H,3-4,7-12H2,1-2H3. The predicted octanol–water partition coefficient (Wildman–Crippen LogP) is 2.95. The van der Waals surface area contributed by atoms with Crippen LogP contribution in [0.15, 0.2) is 22.6 Å². The number of carbonyl (C=O) groups is 1. The van der Waals surface area contributed by atoms with Crippen LogP contribution in [0.2, 0.25) is 0 Å². The highest BCUT2D eigenvalue weighted by Crippen LogP contribution is 2.29. The number of hydrogen-bond acceptors (Lipinski definition) is 6. The van der Waals surface area contributed by atoms with Crippen LogP contribution in [-0.4, -0.2) is 56.8 Å². The van der Waals surface area contributed by atoms with Gasteiger partial charge in [-0.3, -0.25) is 4.79 Å². The molecule has 0 atom stereocenters. The highest BCUT2D eigenvalue weighted by atomic mass is 16.3. The second-order valence-electron chi connectivity index (χ2n) is 8.11. The number of amides is 1. The number of hydrogen-bond donors (Lipinski definition) is 0. The van der Waals surface area contributed by atoms with E-state index in [-0.39, 0.29) is 11.8 Å².